The van der Waals surface area contributed by atoms with Crippen molar-refractivity contribution >= 4 is 45.8 Å². The van der Waals surface area contributed by atoms with Crippen LogP contribution in [0.5, 0.6) is 0 Å². The average molecular weight is 495 g/mol. The van der Waals surface area contributed by atoms with Crippen molar-refractivity contribution in [2.75, 3.05) is 26.3 Å². The molecule has 0 N–H and O–H groups in total. The van der Waals surface area contributed by atoms with E-state index in [1.54, 1.807) is 29.5 Å². The van der Waals surface area contributed by atoms with E-state index in [0.717, 1.165) is 6.92 Å². The fraction of sp³-hybridized carbons (Fsp3) is 0.333. The number of ketones is 1. The zero-order chi connectivity index (χ0) is 24.1. The van der Waals surface area contributed by atoms with Crippen molar-refractivity contribution in [1.29, 1.82) is 0 Å². The molecule has 2 heterocycles. The minimum atomic E-state index is -3.02. The molecule has 1 aromatic heterocycles. The van der Waals surface area contributed by atoms with Gasteiger partial charge in [0, 0.05) is 43.5 Å². The lowest BCUT2D eigenvalue weighted by Crippen LogP contribution is -2.40. The van der Waals surface area contributed by atoms with Crippen molar-refractivity contribution in [3.63, 3.8) is 0 Å². The molecule has 33 heavy (non-hydrogen) atoms. The molecule has 174 valence electrons. The Morgan fingerprint density at radius 3 is 2.39 bits per heavy atom. The SMILES string of the molecule is Cc1cc(C(C)(F)F)cc2c1cc(C(=O)c1c(Cl)ccc(C(=O)N3CCOCC3)c1Cl)n2C. The van der Waals surface area contributed by atoms with Crippen LogP contribution in [0.3, 0.4) is 0 Å². The Kier molecular flexibility index (Phi) is 6.24. The van der Waals surface area contributed by atoms with Crippen molar-refractivity contribution in [1.82, 2.24) is 9.47 Å². The van der Waals surface area contributed by atoms with Gasteiger partial charge in [0.15, 0.2) is 0 Å². The van der Waals surface area contributed by atoms with Crippen molar-refractivity contribution < 1.29 is 23.1 Å². The van der Waals surface area contributed by atoms with Crippen LogP contribution in [0.25, 0.3) is 10.9 Å². The van der Waals surface area contributed by atoms with E-state index in [0.29, 0.717) is 42.8 Å². The number of alkyl halides is 2. The highest BCUT2D eigenvalue weighted by Crippen LogP contribution is 2.35. The summed E-state index contributed by atoms with van der Waals surface area (Å²) in [6, 6.07) is 7.39. The molecule has 1 aliphatic heterocycles. The molecule has 0 atom stereocenters. The molecule has 1 saturated heterocycles. The fourth-order valence-electron chi connectivity index (χ4n) is 4.07. The lowest BCUT2D eigenvalue weighted by Gasteiger charge is -2.27. The molecule has 0 spiro atoms. The van der Waals surface area contributed by atoms with E-state index in [9.17, 15) is 18.4 Å². The maximum Gasteiger partial charge on any atom is 0.270 e. The standard InChI is InChI=1S/C24H22Cl2F2N2O3/c1-13-10-14(24(2,27)28)11-18-16(13)12-19(29(18)3)22(31)20-17(25)5-4-15(21(20)26)23(32)30-6-8-33-9-7-30/h4-5,10-12H,6-9H2,1-3H3. The summed E-state index contributed by atoms with van der Waals surface area (Å²) in [7, 11) is 1.62. The van der Waals surface area contributed by atoms with Gasteiger partial charge in [0.2, 0.25) is 5.78 Å². The number of benzene rings is 2. The Bertz CT molecular complexity index is 1280. The first-order chi connectivity index (χ1) is 15.5. The maximum atomic E-state index is 13.9. The molecule has 9 heteroatoms. The number of aromatic nitrogens is 1. The second kappa shape index (κ2) is 8.70. The normalized spacial score (nSPS) is 14.7. The molecule has 5 nitrogen and oxygen atoms in total. The number of carbonyl (C=O) groups is 2. The van der Waals surface area contributed by atoms with Crippen LogP contribution >= 0.6 is 23.2 Å². The van der Waals surface area contributed by atoms with Crippen LogP contribution in [0.2, 0.25) is 10.0 Å². The molecule has 0 bridgehead atoms. The number of fused-ring (bicyclic) bond motifs is 1. The third-order valence-electron chi connectivity index (χ3n) is 5.96. The van der Waals surface area contributed by atoms with Gasteiger partial charge in [-0.25, -0.2) is 8.78 Å². The fourth-order valence-corrected chi connectivity index (χ4v) is 4.69. The number of halogens is 4. The van der Waals surface area contributed by atoms with Crippen molar-refractivity contribution in [3.05, 3.63) is 68.3 Å². The Hall–Kier alpha value is -2.48. The highest BCUT2D eigenvalue weighted by Gasteiger charge is 2.29. The van der Waals surface area contributed by atoms with E-state index in [-0.39, 0.29) is 38.3 Å². The predicted molar refractivity (Wildman–Crippen MR) is 124 cm³/mol. The number of ether oxygens (including phenoxy) is 1. The van der Waals surface area contributed by atoms with E-state index in [2.05, 4.69) is 0 Å². The Balaban J connectivity index is 1.80. The minimum absolute atomic E-state index is 0.00190. The molecule has 0 radical (unpaired) electrons. The van der Waals surface area contributed by atoms with Crippen molar-refractivity contribution in [3.8, 4) is 0 Å². The first-order valence-electron chi connectivity index (χ1n) is 10.4. The van der Waals surface area contributed by atoms with Gasteiger partial charge in [-0.05, 0) is 42.8 Å². The van der Waals surface area contributed by atoms with Gasteiger partial charge in [-0.2, -0.15) is 0 Å². The summed E-state index contributed by atoms with van der Waals surface area (Å²) in [6.07, 6.45) is 0. The third kappa shape index (κ3) is 4.25. The van der Waals surface area contributed by atoms with Crippen LogP contribution in [-0.4, -0.2) is 47.5 Å². The largest absolute Gasteiger partial charge is 0.378 e. The molecule has 0 saturated carbocycles. The molecule has 0 unspecified atom stereocenters. The third-order valence-corrected chi connectivity index (χ3v) is 6.66. The van der Waals surface area contributed by atoms with E-state index in [1.165, 1.54) is 24.3 Å². The van der Waals surface area contributed by atoms with E-state index < -0.39 is 11.7 Å². The molecule has 3 aromatic rings. The van der Waals surface area contributed by atoms with E-state index in [4.69, 9.17) is 27.9 Å². The van der Waals surface area contributed by atoms with Gasteiger partial charge in [-0.15, -0.1) is 0 Å². The van der Waals surface area contributed by atoms with Crippen molar-refractivity contribution in [2.45, 2.75) is 19.8 Å². The summed E-state index contributed by atoms with van der Waals surface area (Å²) in [5.74, 6) is -3.82. The van der Waals surface area contributed by atoms with Crippen LogP contribution in [0, 0.1) is 6.92 Å². The summed E-state index contributed by atoms with van der Waals surface area (Å²) >= 11 is 12.9. The molecular formula is C24H22Cl2F2N2O3. The molecule has 0 aliphatic carbocycles. The number of hydrogen-bond acceptors (Lipinski definition) is 3. The number of hydrogen-bond donors (Lipinski definition) is 0. The molecule has 1 amide bonds. The highest BCUT2D eigenvalue weighted by atomic mass is 35.5. The lowest BCUT2D eigenvalue weighted by atomic mass is 10.0. The van der Waals surface area contributed by atoms with Crippen LogP contribution in [-0.2, 0) is 17.7 Å². The topological polar surface area (TPSA) is 51.5 Å². The van der Waals surface area contributed by atoms with E-state index >= 15 is 0 Å². The predicted octanol–water partition coefficient (Wildman–Crippen LogP) is 5.61. The molecule has 1 aliphatic rings. The average Bonchev–Trinajstić information content (AvgIpc) is 3.10. The Morgan fingerprint density at radius 1 is 1.09 bits per heavy atom. The molecule has 2 aromatic carbocycles. The van der Waals surface area contributed by atoms with Gasteiger partial charge < -0.3 is 14.2 Å². The quantitative estimate of drug-likeness (QED) is 0.443. The van der Waals surface area contributed by atoms with Gasteiger partial charge in [0.25, 0.3) is 11.8 Å². The number of rotatable bonds is 4. The number of aryl methyl sites for hydroxylation is 2. The zero-order valence-corrected chi connectivity index (χ0v) is 19.9. The Labute approximate surface area is 199 Å². The van der Waals surface area contributed by atoms with Crippen LogP contribution < -0.4 is 0 Å². The first-order valence-corrected chi connectivity index (χ1v) is 11.1. The Morgan fingerprint density at radius 2 is 1.76 bits per heavy atom. The molecule has 4 rings (SSSR count). The number of morpholine rings is 1. The van der Waals surface area contributed by atoms with Crippen LogP contribution in [0.4, 0.5) is 8.78 Å². The summed E-state index contributed by atoms with van der Waals surface area (Å²) < 4.78 is 34.7. The van der Waals surface area contributed by atoms with Gasteiger partial charge >= 0.3 is 0 Å². The smallest absolute Gasteiger partial charge is 0.270 e. The maximum absolute atomic E-state index is 13.9. The summed E-state index contributed by atoms with van der Waals surface area (Å²) in [5.41, 5.74) is 1.37. The minimum Gasteiger partial charge on any atom is -0.378 e. The van der Waals surface area contributed by atoms with Gasteiger partial charge in [0.05, 0.1) is 40.1 Å². The molecular weight excluding hydrogens is 473 g/mol. The summed E-state index contributed by atoms with van der Waals surface area (Å²) in [5, 5.41) is 0.736. The second-order valence-electron chi connectivity index (χ2n) is 8.22. The van der Waals surface area contributed by atoms with Crippen molar-refractivity contribution in [2.24, 2.45) is 7.05 Å². The highest BCUT2D eigenvalue weighted by molar-refractivity contribution is 6.42. The van der Waals surface area contributed by atoms with Crippen LogP contribution in [0.15, 0.2) is 30.3 Å². The van der Waals surface area contributed by atoms with Gasteiger partial charge in [-0.1, -0.05) is 23.2 Å². The number of amides is 1. The second-order valence-corrected chi connectivity index (χ2v) is 9.01. The van der Waals surface area contributed by atoms with Crippen LogP contribution in [0.1, 0.15) is 44.5 Å². The molecule has 1 fully saturated rings. The number of nitrogens with zero attached hydrogens (tertiary/aromatic N) is 2. The summed E-state index contributed by atoms with van der Waals surface area (Å²) in [4.78, 5) is 28.1. The zero-order valence-electron chi connectivity index (χ0n) is 18.3. The monoisotopic (exact) mass is 494 g/mol. The van der Waals surface area contributed by atoms with Gasteiger partial charge in [-0.3, -0.25) is 9.59 Å². The van der Waals surface area contributed by atoms with E-state index in [1.807, 2.05) is 0 Å². The number of carbonyl (C=O) groups excluding carboxylic acids is 2. The lowest BCUT2D eigenvalue weighted by molar-refractivity contribution is 0.0175. The summed E-state index contributed by atoms with van der Waals surface area (Å²) in [6.45, 7) is 4.25. The first kappa shape index (κ1) is 23.7. The van der Waals surface area contributed by atoms with Gasteiger partial charge in [0.1, 0.15) is 0 Å².